The molecule has 1 aliphatic carbocycles. The summed E-state index contributed by atoms with van der Waals surface area (Å²) in [5.41, 5.74) is 0.881. The maximum Gasteiger partial charge on any atom is 0.417 e. The highest BCUT2D eigenvalue weighted by atomic mass is 19.4. The Morgan fingerprint density at radius 1 is 1.09 bits per heavy atom. The van der Waals surface area contributed by atoms with Crippen molar-refractivity contribution in [3.8, 4) is 5.88 Å². The molecule has 0 bridgehead atoms. The molecule has 0 atom stereocenters. The number of nitrogens with one attached hydrogen (secondary N) is 1. The van der Waals surface area contributed by atoms with Crippen molar-refractivity contribution in [3.05, 3.63) is 78.0 Å². The number of pyridine rings is 1. The normalized spacial score (nSPS) is 18.8. The fourth-order valence-corrected chi connectivity index (χ4v) is 3.73. The second-order valence-electron chi connectivity index (χ2n) is 7.88. The minimum atomic E-state index is -4.41. The third-order valence-electron chi connectivity index (χ3n) is 5.50. The van der Waals surface area contributed by atoms with Crippen molar-refractivity contribution in [2.45, 2.75) is 50.6 Å². The number of rotatable bonds is 6. The van der Waals surface area contributed by atoms with Crippen molar-refractivity contribution in [2.75, 3.05) is 0 Å². The van der Waals surface area contributed by atoms with Gasteiger partial charge in [0.2, 0.25) is 5.88 Å². The van der Waals surface area contributed by atoms with Crippen molar-refractivity contribution >= 4 is 5.91 Å². The summed E-state index contributed by atoms with van der Waals surface area (Å²) in [7, 11) is 0. The van der Waals surface area contributed by atoms with E-state index in [1.807, 2.05) is 35.0 Å². The first-order valence-corrected chi connectivity index (χ1v) is 10.4. The summed E-state index contributed by atoms with van der Waals surface area (Å²) >= 11 is 0. The molecule has 0 radical (unpaired) electrons. The number of benzene rings is 1. The van der Waals surface area contributed by atoms with Gasteiger partial charge < -0.3 is 14.6 Å². The molecule has 0 spiro atoms. The molecule has 1 fully saturated rings. The molecule has 6 nitrogen and oxygen atoms in total. The van der Waals surface area contributed by atoms with Crippen molar-refractivity contribution < 1.29 is 22.7 Å². The number of carbonyl (C=O) groups is 1. The molecule has 168 valence electrons. The van der Waals surface area contributed by atoms with Gasteiger partial charge in [-0.15, -0.1) is 0 Å². The summed E-state index contributed by atoms with van der Waals surface area (Å²) in [5, 5.41) is 3.06. The number of hydrogen-bond acceptors (Lipinski definition) is 4. The molecule has 9 heteroatoms. The average molecular weight is 444 g/mol. The SMILES string of the molecule is O=C(NC1CCC(Oc2ccc(C(F)(F)F)cn2)CC1)c1ccc(Cn2ccnc2)cc1. The van der Waals surface area contributed by atoms with Gasteiger partial charge in [0.15, 0.2) is 0 Å². The fourth-order valence-electron chi connectivity index (χ4n) is 3.73. The van der Waals surface area contributed by atoms with Crippen molar-refractivity contribution in [1.82, 2.24) is 19.9 Å². The van der Waals surface area contributed by atoms with Gasteiger partial charge in [-0.2, -0.15) is 13.2 Å². The number of ether oxygens (including phenoxy) is 1. The average Bonchev–Trinajstić information content (AvgIpc) is 3.28. The maximum atomic E-state index is 12.6. The molecular formula is C23H23F3N4O2. The molecule has 1 N–H and O–H groups in total. The van der Waals surface area contributed by atoms with Crippen LogP contribution in [0.4, 0.5) is 13.2 Å². The van der Waals surface area contributed by atoms with E-state index in [1.165, 1.54) is 6.07 Å². The van der Waals surface area contributed by atoms with Crippen LogP contribution in [0.25, 0.3) is 0 Å². The number of halogens is 3. The molecule has 4 rings (SSSR count). The van der Waals surface area contributed by atoms with E-state index in [2.05, 4.69) is 15.3 Å². The molecule has 32 heavy (non-hydrogen) atoms. The molecule has 2 heterocycles. The van der Waals surface area contributed by atoms with Gasteiger partial charge in [0, 0.05) is 42.8 Å². The number of amides is 1. The Morgan fingerprint density at radius 3 is 2.44 bits per heavy atom. The minimum absolute atomic E-state index is 0.0357. The quantitative estimate of drug-likeness (QED) is 0.609. The minimum Gasteiger partial charge on any atom is -0.474 e. The molecule has 3 aromatic rings. The molecule has 0 aliphatic heterocycles. The van der Waals surface area contributed by atoms with Gasteiger partial charge >= 0.3 is 6.18 Å². The van der Waals surface area contributed by atoms with Gasteiger partial charge in [-0.3, -0.25) is 4.79 Å². The highest BCUT2D eigenvalue weighted by molar-refractivity contribution is 5.94. The van der Waals surface area contributed by atoms with E-state index < -0.39 is 11.7 Å². The predicted molar refractivity (Wildman–Crippen MR) is 111 cm³/mol. The Labute approximate surface area is 183 Å². The molecule has 1 amide bonds. The zero-order valence-electron chi connectivity index (χ0n) is 17.3. The monoisotopic (exact) mass is 444 g/mol. The number of carbonyl (C=O) groups excluding carboxylic acids is 1. The van der Waals surface area contributed by atoms with E-state index in [0.717, 1.165) is 30.7 Å². The molecular weight excluding hydrogens is 421 g/mol. The summed E-state index contributed by atoms with van der Waals surface area (Å²) in [6, 6.07) is 9.72. The Bertz CT molecular complexity index is 1010. The van der Waals surface area contributed by atoms with E-state index in [0.29, 0.717) is 24.9 Å². The zero-order chi connectivity index (χ0) is 22.6. The van der Waals surface area contributed by atoms with E-state index in [1.54, 1.807) is 12.5 Å². The standard InChI is InChI=1S/C23H23F3N4O2/c24-23(25,26)18-5-10-21(28-13-18)32-20-8-6-19(7-9-20)29-22(31)17-3-1-16(2-4-17)14-30-12-11-27-15-30/h1-5,10-13,15,19-20H,6-9,14H2,(H,29,31). The molecule has 1 saturated carbocycles. The van der Waals surface area contributed by atoms with Crippen LogP contribution >= 0.6 is 0 Å². The van der Waals surface area contributed by atoms with Crippen LogP contribution in [-0.2, 0) is 12.7 Å². The Morgan fingerprint density at radius 2 is 1.84 bits per heavy atom. The van der Waals surface area contributed by atoms with Crippen LogP contribution in [0.15, 0.2) is 61.3 Å². The third kappa shape index (κ3) is 5.66. The van der Waals surface area contributed by atoms with Crippen LogP contribution in [-0.4, -0.2) is 32.6 Å². The molecule has 0 unspecified atom stereocenters. The van der Waals surface area contributed by atoms with Crippen LogP contribution in [0.1, 0.15) is 47.2 Å². The van der Waals surface area contributed by atoms with Gasteiger partial charge in [0.1, 0.15) is 6.10 Å². The molecule has 1 aliphatic rings. The highest BCUT2D eigenvalue weighted by Crippen LogP contribution is 2.30. The number of aromatic nitrogens is 3. The number of hydrogen-bond donors (Lipinski definition) is 1. The Hall–Kier alpha value is -3.36. The van der Waals surface area contributed by atoms with E-state index in [-0.39, 0.29) is 23.9 Å². The van der Waals surface area contributed by atoms with E-state index in [9.17, 15) is 18.0 Å². The van der Waals surface area contributed by atoms with E-state index >= 15 is 0 Å². The maximum absolute atomic E-state index is 12.6. The second kappa shape index (κ2) is 9.42. The first-order chi connectivity index (χ1) is 15.4. The zero-order valence-corrected chi connectivity index (χ0v) is 17.3. The van der Waals surface area contributed by atoms with Crippen molar-refractivity contribution in [2.24, 2.45) is 0 Å². The first-order valence-electron chi connectivity index (χ1n) is 10.4. The summed E-state index contributed by atoms with van der Waals surface area (Å²) < 4.78 is 45.6. The van der Waals surface area contributed by atoms with Crippen LogP contribution in [0.3, 0.4) is 0 Å². The summed E-state index contributed by atoms with van der Waals surface area (Å²) in [4.78, 5) is 20.3. The first kappa shape index (κ1) is 21.9. The van der Waals surface area contributed by atoms with Gasteiger partial charge in [0.25, 0.3) is 5.91 Å². The fraction of sp³-hybridized carbons (Fsp3) is 0.348. The largest absolute Gasteiger partial charge is 0.474 e. The summed E-state index contributed by atoms with van der Waals surface area (Å²) in [6.45, 7) is 0.694. The van der Waals surface area contributed by atoms with Crippen molar-refractivity contribution in [1.29, 1.82) is 0 Å². The molecule has 0 saturated heterocycles. The number of alkyl halides is 3. The summed E-state index contributed by atoms with van der Waals surface area (Å²) in [5.74, 6) is 0.0641. The smallest absolute Gasteiger partial charge is 0.417 e. The molecule has 2 aromatic heterocycles. The lowest BCUT2D eigenvalue weighted by Crippen LogP contribution is -2.39. The third-order valence-corrected chi connectivity index (χ3v) is 5.50. The van der Waals surface area contributed by atoms with Crippen LogP contribution in [0.2, 0.25) is 0 Å². The van der Waals surface area contributed by atoms with Gasteiger partial charge in [-0.05, 0) is 49.4 Å². The highest BCUT2D eigenvalue weighted by Gasteiger charge is 2.31. The Kier molecular flexibility index (Phi) is 6.43. The predicted octanol–water partition coefficient (Wildman–Crippen LogP) is 4.47. The topological polar surface area (TPSA) is 69.0 Å². The van der Waals surface area contributed by atoms with Gasteiger partial charge in [-0.1, -0.05) is 12.1 Å². The van der Waals surface area contributed by atoms with Crippen LogP contribution < -0.4 is 10.1 Å². The van der Waals surface area contributed by atoms with Gasteiger partial charge in [0.05, 0.1) is 11.9 Å². The molecule has 1 aromatic carbocycles. The number of nitrogens with zero attached hydrogens (tertiary/aromatic N) is 3. The summed E-state index contributed by atoms with van der Waals surface area (Å²) in [6.07, 6.45) is 4.43. The number of imidazole rings is 1. The van der Waals surface area contributed by atoms with E-state index in [4.69, 9.17) is 4.74 Å². The lowest BCUT2D eigenvalue weighted by molar-refractivity contribution is -0.137. The van der Waals surface area contributed by atoms with Crippen LogP contribution in [0, 0.1) is 0 Å². The van der Waals surface area contributed by atoms with Crippen LogP contribution in [0.5, 0.6) is 5.88 Å². The lowest BCUT2D eigenvalue weighted by atomic mass is 9.92. The van der Waals surface area contributed by atoms with Gasteiger partial charge in [-0.25, -0.2) is 9.97 Å². The second-order valence-corrected chi connectivity index (χ2v) is 7.88. The van der Waals surface area contributed by atoms with Crippen molar-refractivity contribution in [3.63, 3.8) is 0 Å². The lowest BCUT2D eigenvalue weighted by Gasteiger charge is -2.29. The Balaban J connectivity index is 1.23.